The van der Waals surface area contributed by atoms with Crippen molar-refractivity contribution >= 4 is 0 Å². The highest BCUT2D eigenvalue weighted by molar-refractivity contribution is 4.82. The summed E-state index contributed by atoms with van der Waals surface area (Å²) < 4.78 is 5.67. The van der Waals surface area contributed by atoms with Gasteiger partial charge in [0.15, 0.2) is 0 Å². The molecular formula is C22H40O. The zero-order valence-electron chi connectivity index (χ0n) is 15.8. The second kappa shape index (κ2) is 11.2. The van der Waals surface area contributed by atoms with Crippen molar-refractivity contribution in [2.24, 2.45) is 23.7 Å². The Labute approximate surface area is 145 Å². The molecule has 0 heterocycles. The number of rotatable bonds is 9. The third-order valence-corrected chi connectivity index (χ3v) is 6.43. The summed E-state index contributed by atoms with van der Waals surface area (Å²) in [6.07, 6.45) is 22.8. The third-order valence-electron chi connectivity index (χ3n) is 6.43. The van der Waals surface area contributed by atoms with Crippen molar-refractivity contribution in [3.05, 3.63) is 12.3 Å². The van der Waals surface area contributed by atoms with Crippen LogP contribution in [0.25, 0.3) is 0 Å². The highest BCUT2D eigenvalue weighted by atomic mass is 16.5. The summed E-state index contributed by atoms with van der Waals surface area (Å²) in [5.41, 5.74) is 0. The maximum Gasteiger partial charge on any atom is 0.0901 e. The van der Waals surface area contributed by atoms with Gasteiger partial charge in [0.1, 0.15) is 0 Å². The Bertz CT molecular complexity index is 306. The minimum absolute atomic E-state index is 0.818. The Morgan fingerprint density at radius 2 is 1.39 bits per heavy atom. The summed E-state index contributed by atoms with van der Waals surface area (Å²) in [6, 6.07) is 0. The molecule has 2 rings (SSSR count). The van der Waals surface area contributed by atoms with Gasteiger partial charge in [-0.25, -0.2) is 0 Å². The normalized spacial score (nSPS) is 32.3. The van der Waals surface area contributed by atoms with E-state index < -0.39 is 0 Å². The molecule has 0 N–H and O–H groups in total. The van der Waals surface area contributed by atoms with Crippen LogP contribution in [0, 0.1) is 23.7 Å². The number of ether oxygens (including phenoxy) is 1. The molecule has 0 spiro atoms. The van der Waals surface area contributed by atoms with Crippen molar-refractivity contribution in [3.8, 4) is 0 Å². The van der Waals surface area contributed by atoms with E-state index in [1.165, 1.54) is 77.0 Å². The van der Waals surface area contributed by atoms with Crippen LogP contribution in [-0.2, 0) is 4.74 Å². The van der Waals surface area contributed by atoms with Crippen molar-refractivity contribution in [3.63, 3.8) is 0 Å². The first-order chi connectivity index (χ1) is 11.3. The molecule has 0 radical (unpaired) electrons. The monoisotopic (exact) mass is 320 g/mol. The van der Waals surface area contributed by atoms with E-state index in [9.17, 15) is 0 Å². The Morgan fingerprint density at radius 3 is 1.96 bits per heavy atom. The summed E-state index contributed by atoms with van der Waals surface area (Å²) in [5.74, 6) is 3.97. The zero-order valence-corrected chi connectivity index (χ0v) is 15.8. The molecule has 0 aromatic carbocycles. The fourth-order valence-electron chi connectivity index (χ4n) is 4.81. The van der Waals surface area contributed by atoms with Crippen LogP contribution in [0.1, 0.15) is 97.3 Å². The van der Waals surface area contributed by atoms with Gasteiger partial charge in [-0.2, -0.15) is 0 Å². The average molecular weight is 321 g/mol. The summed E-state index contributed by atoms with van der Waals surface area (Å²) >= 11 is 0. The molecule has 2 aliphatic rings. The Balaban J connectivity index is 1.58. The molecule has 0 bridgehead atoms. The maximum atomic E-state index is 5.67. The van der Waals surface area contributed by atoms with Crippen LogP contribution < -0.4 is 0 Å². The van der Waals surface area contributed by atoms with E-state index in [1.54, 1.807) is 0 Å². The molecule has 23 heavy (non-hydrogen) atoms. The van der Waals surface area contributed by atoms with Crippen LogP contribution in [0.2, 0.25) is 0 Å². The lowest BCUT2D eigenvalue weighted by Gasteiger charge is -2.37. The highest BCUT2D eigenvalue weighted by Gasteiger charge is 2.30. The number of hydrogen-bond donors (Lipinski definition) is 0. The minimum Gasteiger partial charge on any atom is -0.501 e. The first-order valence-electron chi connectivity index (χ1n) is 10.6. The Hall–Kier alpha value is -0.460. The van der Waals surface area contributed by atoms with E-state index in [0.717, 1.165) is 36.7 Å². The molecule has 0 unspecified atom stereocenters. The maximum absolute atomic E-state index is 5.67. The molecule has 134 valence electrons. The van der Waals surface area contributed by atoms with E-state index in [0.29, 0.717) is 0 Å². The lowest BCUT2D eigenvalue weighted by atomic mass is 9.69. The Kier molecular flexibility index (Phi) is 9.15. The van der Waals surface area contributed by atoms with Crippen molar-refractivity contribution < 1.29 is 4.74 Å². The van der Waals surface area contributed by atoms with Gasteiger partial charge >= 0.3 is 0 Å². The van der Waals surface area contributed by atoms with Crippen LogP contribution in [0.3, 0.4) is 0 Å². The van der Waals surface area contributed by atoms with Gasteiger partial charge in [-0.1, -0.05) is 58.4 Å². The molecular weight excluding hydrogens is 280 g/mol. The van der Waals surface area contributed by atoms with E-state index in [1.807, 2.05) is 6.26 Å². The van der Waals surface area contributed by atoms with Gasteiger partial charge in [-0.05, 0) is 68.6 Å². The molecule has 0 saturated heterocycles. The number of hydrogen-bond acceptors (Lipinski definition) is 1. The number of unbranched alkanes of at least 4 members (excludes halogenated alkanes) is 2. The van der Waals surface area contributed by atoms with Crippen LogP contribution in [0.4, 0.5) is 0 Å². The second-order valence-electron chi connectivity index (χ2n) is 8.17. The smallest absolute Gasteiger partial charge is 0.0901 e. The van der Waals surface area contributed by atoms with E-state index in [-0.39, 0.29) is 0 Å². The van der Waals surface area contributed by atoms with Crippen LogP contribution in [0.5, 0.6) is 0 Å². The van der Waals surface area contributed by atoms with Gasteiger partial charge in [-0.15, -0.1) is 0 Å². The predicted octanol–water partition coefficient (Wildman–Crippen LogP) is 7.12. The van der Waals surface area contributed by atoms with Crippen molar-refractivity contribution in [2.45, 2.75) is 97.3 Å². The molecule has 0 aromatic heterocycles. The van der Waals surface area contributed by atoms with Crippen molar-refractivity contribution in [1.82, 2.24) is 0 Å². The van der Waals surface area contributed by atoms with Crippen LogP contribution in [-0.4, -0.2) is 6.61 Å². The first-order valence-corrected chi connectivity index (χ1v) is 10.6. The van der Waals surface area contributed by atoms with E-state index >= 15 is 0 Å². The fourth-order valence-corrected chi connectivity index (χ4v) is 4.81. The highest BCUT2D eigenvalue weighted by Crippen LogP contribution is 2.42. The third kappa shape index (κ3) is 6.89. The molecule has 1 nitrogen and oxygen atoms in total. The van der Waals surface area contributed by atoms with Gasteiger partial charge in [0.05, 0.1) is 12.9 Å². The van der Waals surface area contributed by atoms with Crippen molar-refractivity contribution in [1.29, 1.82) is 0 Å². The standard InChI is InChI=1S/C22H40O/c1-3-5-7-8-19-9-13-21(14-10-19)22-15-11-20(12-16-22)18-23-17-6-4-2/h6,17,19-22H,3-5,7-16,18H2,1-2H3. The molecule has 2 aliphatic carbocycles. The molecule has 2 saturated carbocycles. The second-order valence-corrected chi connectivity index (χ2v) is 8.17. The Morgan fingerprint density at radius 1 is 0.783 bits per heavy atom. The summed E-state index contributed by atoms with van der Waals surface area (Å²) in [4.78, 5) is 0. The van der Waals surface area contributed by atoms with Crippen LogP contribution in [0.15, 0.2) is 12.3 Å². The average Bonchev–Trinajstić information content (AvgIpc) is 2.60. The van der Waals surface area contributed by atoms with Crippen molar-refractivity contribution in [2.75, 3.05) is 6.61 Å². The zero-order chi connectivity index (χ0) is 16.3. The van der Waals surface area contributed by atoms with Gasteiger partial charge in [0, 0.05) is 0 Å². The molecule has 0 atom stereocenters. The largest absolute Gasteiger partial charge is 0.501 e. The predicted molar refractivity (Wildman–Crippen MR) is 100 cm³/mol. The molecule has 1 heteroatoms. The minimum atomic E-state index is 0.818. The van der Waals surface area contributed by atoms with Gasteiger partial charge in [0.25, 0.3) is 0 Å². The SMILES string of the molecule is CCC=COCC1CCC(C2CCC(CCCCC)CC2)CC1. The van der Waals surface area contributed by atoms with Gasteiger partial charge < -0.3 is 4.74 Å². The summed E-state index contributed by atoms with van der Waals surface area (Å²) in [7, 11) is 0. The van der Waals surface area contributed by atoms with Crippen LogP contribution >= 0.6 is 0 Å². The molecule has 0 aromatic rings. The lowest BCUT2D eigenvalue weighted by molar-refractivity contribution is 0.108. The van der Waals surface area contributed by atoms with E-state index in [2.05, 4.69) is 19.9 Å². The first kappa shape index (κ1) is 18.9. The van der Waals surface area contributed by atoms with E-state index in [4.69, 9.17) is 4.74 Å². The topological polar surface area (TPSA) is 9.23 Å². The van der Waals surface area contributed by atoms with Gasteiger partial charge in [-0.3, -0.25) is 0 Å². The lowest BCUT2D eigenvalue weighted by Crippen LogP contribution is -2.27. The summed E-state index contributed by atoms with van der Waals surface area (Å²) in [5, 5.41) is 0. The fraction of sp³-hybridized carbons (Fsp3) is 0.909. The molecule has 2 fully saturated rings. The quantitative estimate of drug-likeness (QED) is 0.324. The number of allylic oxidation sites excluding steroid dienone is 1. The molecule has 0 amide bonds. The van der Waals surface area contributed by atoms with Gasteiger partial charge in [0.2, 0.25) is 0 Å². The molecule has 0 aliphatic heterocycles. The summed E-state index contributed by atoms with van der Waals surface area (Å²) in [6.45, 7) is 5.43.